The minimum atomic E-state index is 0.105. The van der Waals surface area contributed by atoms with Gasteiger partial charge in [0.1, 0.15) is 5.69 Å². The number of H-pyrrole nitrogens is 1. The summed E-state index contributed by atoms with van der Waals surface area (Å²) < 4.78 is 0. The fourth-order valence-corrected chi connectivity index (χ4v) is 5.69. The molecule has 0 amide bonds. The Hall–Kier alpha value is -2.13. The van der Waals surface area contributed by atoms with E-state index in [-0.39, 0.29) is 5.41 Å². The number of fused-ring (bicyclic) bond motifs is 1. The van der Waals surface area contributed by atoms with Gasteiger partial charge >= 0.3 is 0 Å². The van der Waals surface area contributed by atoms with Crippen molar-refractivity contribution in [1.82, 2.24) is 10.2 Å². The topological polar surface area (TPSA) is 28.7 Å². The van der Waals surface area contributed by atoms with Gasteiger partial charge in [-0.1, -0.05) is 67.8 Å². The molecule has 1 aromatic carbocycles. The Kier molecular flexibility index (Phi) is 4.05. The van der Waals surface area contributed by atoms with Crippen LogP contribution in [0.15, 0.2) is 53.9 Å². The normalized spacial score (nSPS) is 23.1. The summed E-state index contributed by atoms with van der Waals surface area (Å²) in [7, 11) is 0. The van der Waals surface area contributed by atoms with E-state index in [0.717, 1.165) is 18.0 Å². The van der Waals surface area contributed by atoms with Crippen LogP contribution < -0.4 is 0 Å². The van der Waals surface area contributed by atoms with Crippen molar-refractivity contribution in [2.45, 2.75) is 43.9 Å². The van der Waals surface area contributed by atoms with Crippen molar-refractivity contribution in [2.24, 2.45) is 5.92 Å². The Morgan fingerprint density at radius 3 is 2.62 bits per heavy atom. The van der Waals surface area contributed by atoms with Crippen molar-refractivity contribution >= 4 is 17.4 Å². The van der Waals surface area contributed by atoms with Gasteiger partial charge in [-0.15, -0.1) is 11.3 Å². The van der Waals surface area contributed by atoms with Crippen LogP contribution in [-0.2, 0) is 11.8 Å². The first-order chi connectivity index (χ1) is 12.9. The first-order valence-electron chi connectivity index (χ1n) is 9.73. The Morgan fingerprint density at radius 2 is 1.85 bits per heavy atom. The molecule has 26 heavy (non-hydrogen) atoms. The summed E-state index contributed by atoms with van der Waals surface area (Å²) in [5.74, 6) is 0.719. The van der Waals surface area contributed by atoms with Crippen LogP contribution in [0.4, 0.5) is 0 Å². The second-order valence-electron chi connectivity index (χ2n) is 7.69. The lowest BCUT2D eigenvalue weighted by molar-refractivity contribution is 0.241. The summed E-state index contributed by atoms with van der Waals surface area (Å²) in [6.45, 7) is 0. The number of thiophene rings is 1. The molecule has 0 saturated heterocycles. The third-order valence-corrected chi connectivity index (χ3v) is 7.18. The van der Waals surface area contributed by atoms with Gasteiger partial charge in [0.25, 0.3) is 0 Å². The van der Waals surface area contributed by atoms with Crippen molar-refractivity contribution in [3.05, 3.63) is 70.7 Å². The molecule has 3 heteroatoms. The van der Waals surface area contributed by atoms with Gasteiger partial charge in [-0.2, -0.15) is 5.10 Å². The second kappa shape index (κ2) is 6.55. The molecule has 2 aliphatic carbocycles. The zero-order valence-electron chi connectivity index (χ0n) is 14.9. The average Bonchev–Trinajstić information content (AvgIpc) is 3.38. The minimum absolute atomic E-state index is 0.105. The van der Waals surface area contributed by atoms with Crippen LogP contribution in [0, 0.1) is 5.92 Å². The van der Waals surface area contributed by atoms with Crippen LogP contribution in [0.1, 0.15) is 48.9 Å². The number of allylic oxidation sites excluding steroid dienone is 1. The van der Waals surface area contributed by atoms with Crippen LogP contribution in [-0.4, -0.2) is 10.2 Å². The summed E-state index contributed by atoms with van der Waals surface area (Å²) in [6.07, 6.45) is 12.7. The van der Waals surface area contributed by atoms with E-state index < -0.39 is 0 Å². The Morgan fingerprint density at radius 1 is 1.00 bits per heavy atom. The highest BCUT2D eigenvalue weighted by Gasteiger charge is 2.41. The molecule has 1 atom stereocenters. The zero-order valence-corrected chi connectivity index (χ0v) is 15.8. The number of aromatic nitrogens is 2. The quantitative estimate of drug-likeness (QED) is 0.589. The lowest BCUT2D eigenvalue weighted by Gasteiger charge is -2.43. The van der Waals surface area contributed by atoms with Gasteiger partial charge in [0, 0.05) is 23.1 Å². The van der Waals surface area contributed by atoms with Gasteiger partial charge < -0.3 is 0 Å². The fourth-order valence-electron chi connectivity index (χ4n) is 4.97. The van der Waals surface area contributed by atoms with E-state index in [1.807, 2.05) is 0 Å². The number of hydrogen-bond donors (Lipinski definition) is 1. The van der Waals surface area contributed by atoms with Gasteiger partial charge in [0.2, 0.25) is 0 Å². The maximum absolute atomic E-state index is 4.68. The molecule has 0 bridgehead atoms. The van der Waals surface area contributed by atoms with E-state index in [4.69, 9.17) is 0 Å². The van der Waals surface area contributed by atoms with E-state index in [1.165, 1.54) is 53.8 Å². The number of benzene rings is 1. The van der Waals surface area contributed by atoms with E-state index in [9.17, 15) is 0 Å². The summed E-state index contributed by atoms with van der Waals surface area (Å²) in [4.78, 5) is 1.25. The van der Waals surface area contributed by atoms with Gasteiger partial charge in [-0.3, -0.25) is 5.10 Å². The highest BCUT2D eigenvalue weighted by Crippen LogP contribution is 2.48. The molecule has 1 saturated carbocycles. The summed E-state index contributed by atoms with van der Waals surface area (Å²) >= 11 is 1.76. The predicted molar refractivity (Wildman–Crippen MR) is 109 cm³/mol. The molecule has 2 aromatic heterocycles. The van der Waals surface area contributed by atoms with Crippen LogP contribution in [0.25, 0.3) is 16.6 Å². The second-order valence-corrected chi connectivity index (χ2v) is 8.64. The first-order valence-corrected chi connectivity index (χ1v) is 10.6. The number of rotatable bonds is 3. The Balaban J connectivity index is 1.59. The van der Waals surface area contributed by atoms with Crippen molar-refractivity contribution in [2.75, 3.05) is 0 Å². The lowest BCUT2D eigenvalue weighted by atomic mass is 9.61. The van der Waals surface area contributed by atoms with Crippen LogP contribution in [0.3, 0.4) is 0 Å². The Bertz CT molecular complexity index is 901. The van der Waals surface area contributed by atoms with Crippen LogP contribution in [0.2, 0.25) is 0 Å². The molecule has 2 heterocycles. The molecule has 0 spiro atoms. The number of nitrogens with zero attached hydrogens (tertiary/aromatic N) is 1. The largest absolute Gasteiger partial charge is 0.281 e. The third-order valence-electron chi connectivity index (χ3n) is 6.30. The molecule has 1 unspecified atom stereocenters. The first kappa shape index (κ1) is 16.1. The van der Waals surface area contributed by atoms with Gasteiger partial charge in [0.15, 0.2) is 0 Å². The fraction of sp³-hybridized carbons (Fsp3) is 0.348. The highest BCUT2D eigenvalue weighted by atomic mass is 32.1. The summed E-state index contributed by atoms with van der Waals surface area (Å²) in [6, 6.07) is 15.4. The van der Waals surface area contributed by atoms with E-state index in [2.05, 4.69) is 70.2 Å². The van der Waals surface area contributed by atoms with Crippen LogP contribution in [0.5, 0.6) is 0 Å². The molecule has 2 aliphatic rings. The lowest BCUT2D eigenvalue weighted by Crippen LogP contribution is -2.38. The zero-order chi connectivity index (χ0) is 17.4. The smallest absolute Gasteiger partial charge is 0.109 e. The SMILES string of the molecule is C1=CC(c2ccccc2)(C2CCCCC2)Cc2[nH]nc(-c3cccs3)c21. The number of nitrogens with one attached hydrogen (secondary N) is 1. The highest BCUT2D eigenvalue weighted by molar-refractivity contribution is 7.13. The third kappa shape index (κ3) is 2.57. The molecule has 1 N–H and O–H groups in total. The van der Waals surface area contributed by atoms with Crippen molar-refractivity contribution in [3.8, 4) is 10.6 Å². The molecule has 2 nitrogen and oxygen atoms in total. The predicted octanol–water partition coefficient (Wildman–Crippen LogP) is 6.23. The summed E-state index contributed by atoms with van der Waals surface area (Å²) in [5, 5.41) is 10.2. The van der Waals surface area contributed by atoms with Crippen LogP contribution >= 0.6 is 11.3 Å². The molecule has 132 valence electrons. The number of hydrogen-bond acceptors (Lipinski definition) is 2. The molecule has 1 fully saturated rings. The van der Waals surface area contributed by atoms with Crippen molar-refractivity contribution in [3.63, 3.8) is 0 Å². The van der Waals surface area contributed by atoms with Crippen molar-refractivity contribution < 1.29 is 0 Å². The maximum Gasteiger partial charge on any atom is 0.109 e. The van der Waals surface area contributed by atoms with E-state index in [1.54, 1.807) is 11.3 Å². The number of aromatic amines is 1. The molecule has 3 aromatic rings. The summed E-state index contributed by atoms with van der Waals surface area (Å²) in [5.41, 5.74) is 5.26. The monoisotopic (exact) mass is 360 g/mol. The van der Waals surface area contributed by atoms with Gasteiger partial charge in [-0.25, -0.2) is 0 Å². The average molecular weight is 361 g/mol. The minimum Gasteiger partial charge on any atom is -0.281 e. The molecular formula is C23H24N2S. The standard InChI is InChI=1S/C23H24N2S/c1-3-8-17(9-4-1)23(18-10-5-2-6-11-18)14-13-19-20(16-23)24-25-22(19)21-12-7-15-26-21/h1,3-4,7-9,12-15,18H,2,5-6,10-11,16H2,(H,24,25). The van der Waals surface area contributed by atoms with Crippen molar-refractivity contribution in [1.29, 1.82) is 0 Å². The molecule has 0 radical (unpaired) electrons. The molecule has 0 aliphatic heterocycles. The van der Waals surface area contributed by atoms with Gasteiger partial charge in [-0.05, 0) is 35.8 Å². The van der Waals surface area contributed by atoms with Gasteiger partial charge in [0.05, 0.1) is 4.88 Å². The van der Waals surface area contributed by atoms with E-state index in [0.29, 0.717) is 0 Å². The van der Waals surface area contributed by atoms with E-state index >= 15 is 0 Å². The molecular weight excluding hydrogens is 336 g/mol. The molecule has 5 rings (SSSR count). The maximum atomic E-state index is 4.68. The Labute approximate surface area is 159 Å².